The Hall–Kier alpha value is -3.66. The van der Waals surface area contributed by atoms with Gasteiger partial charge < -0.3 is 15.9 Å². The second-order valence-electron chi connectivity index (χ2n) is 7.11. The van der Waals surface area contributed by atoms with E-state index in [1.54, 1.807) is 37.4 Å². The first-order valence-corrected chi connectivity index (χ1v) is 10.3. The lowest BCUT2D eigenvalue weighted by molar-refractivity contribution is -0.147. The Morgan fingerprint density at radius 1 is 1.13 bits per heavy atom. The van der Waals surface area contributed by atoms with Crippen LogP contribution in [0.15, 0.2) is 53.6 Å². The maximum Gasteiger partial charge on any atom is 0.328 e. The number of carbonyl (C=O) groups is 2. The maximum absolute atomic E-state index is 12.4. The zero-order chi connectivity index (χ0) is 22.5. The summed E-state index contributed by atoms with van der Waals surface area (Å²) in [5.74, 6) is 4.50. The SMILES string of the molecule is CCOC(=O)C(Cc1ccc(C#N)cc1)NC(=O)CCCCc1ccc(C=NN)cc1. The summed E-state index contributed by atoms with van der Waals surface area (Å²) in [4.78, 5) is 24.7. The lowest BCUT2D eigenvalue weighted by Crippen LogP contribution is -2.43. The third kappa shape index (κ3) is 8.31. The number of nitrogens with two attached hydrogens (primary N) is 1. The minimum absolute atomic E-state index is 0.179. The van der Waals surface area contributed by atoms with Gasteiger partial charge in [-0.15, -0.1) is 0 Å². The van der Waals surface area contributed by atoms with Gasteiger partial charge in [0.15, 0.2) is 0 Å². The van der Waals surface area contributed by atoms with E-state index < -0.39 is 12.0 Å². The molecule has 1 unspecified atom stereocenters. The van der Waals surface area contributed by atoms with E-state index in [1.807, 2.05) is 24.3 Å². The van der Waals surface area contributed by atoms with Crippen molar-refractivity contribution in [3.8, 4) is 6.07 Å². The summed E-state index contributed by atoms with van der Waals surface area (Å²) in [5, 5.41) is 15.2. The van der Waals surface area contributed by atoms with E-state index in [0.29, 0.717) is 24.8 Å². The van der Waals surface area contributed by atoms with Crippen molar-refractivity contribution >= 4 is 18.1 Å². The summed E-state index contributed by atoms with van der Waals surface area (Å²) in [6.45, 7) is 1.97. The molecule has 0 spiro atoms. The highest BCUT2D eigenvalue weighted by molar-refractivity contribution is 5.84. The van der Waals surface area contributed by atoms with Crippen molar-refractivity contribution in [2.75, 3.05) is 6.61 Å². The fraction of sp³-hybridized carbons (Fsp3) is 0.333. The van der Waals surface area contributed by atoms with Gasteiger partial charge in [0.05, 0.1) is 24.5 Å². The van der Waals surface area contributed by atoms with Crippen LogP contribution < -0.4 is 11.2 Å². The molecule has 0 aliphatic rings. The van der Waals surface area contributed by atoms with Crippen LogP contribution in [0, 0.1) is 11.3 Å². The maximum atomic E-state index is 12.4. The zero-order valence-corrected chi connectivity index (χ0v) is 17.7. The first-order valence-electron chi connectivity index (χ1n) is 10.3. The van der Waals surface area contributed by atoms with Crippen molar-refractivity contribution in [3.05, 3.63) is 70.8 Å². The number of rotatable bonds is 11. The van der Waals surface area contributed by atoms with Crippen molar-refractivity contribution in [2.24, 2.45) is 10.9 Å². The van der Waals surface area contributed by atoms with Crippen molar-refractivity contribution in [1.29, 1.82) is 5.26 Å². The predicted molar refractivity (Wildman–Crippen MR) is 119 cm³/mol. The number of hydrogen-bond donors (Lipinski definition) is 2. The summed E-state index contributed by atoms with van der Waals surface area (Å²) in [6, 6.07) is 16.2. The van der Waals surface area contributed by atoms with Crippen molar-refractivity contribution < 1.29 is 14.3 Å². The smallest absolute Gasteiger partial charge is 0.328 e. The number of benzene rings is 2. The molecule has 31 heavy (non-hydrogen) atoms. The molecule has 0 aliphatic carbocycles. The lowest BCUT2D eigenvalue weighted by atomic mass is 10.0. The van der Waals surface area contributed by atoms with E-state index in [4.69, 9.17) is 15.8 Å². The molecule has 1 amide bonds. The predicted octanol–water partition coefficient (Wildman–Crippen LogP) is 2.85. The van der Waals surface area contributed by atoms with Gasteiger partial charge in [0.1, 0.15) is 6.04 Å². The summed E-state index contributed by atoms with van der Waals surface area (Å²) < 4.78 is 5.11. The van der Waals surface area contributed by atoms with Crippen LogP contribution >= 0.6 is 0 Å². The van der Waals surface area contributed by atoms with Gasteiger partial charge in [-0.2, -0.15) is 10.4 Å². The second kappa shape index (κ2) is 12.8. The van der Waals surface area contributed by atoms with Crippen LogP contribution in [-0.4, -0.2) is 30.7 Å². The first kappa shape index (κ1) is 23.6. The Morgan fingerprint density at radius 2 is 1.81 bits per heavy atom. The normalized spacial score (nSPS) is 11.6. The van der Waals surface area contributed by atoms with Crippen LogP contribution in [0.2, 0.25) is 0 Å². The van der Waals surface area contributed by atoms with Crippen LogP contribution in [-0.2, 0) is 27.2 Å². The lowest BCUT2D eigenvalue weighted by Gasteiger charge is -2.17. The van der Waals surface area contributed by atoms with Crippen LogP contribution in [0.4, 0.5) is 0 Å². The number of amides is 1. The molecule has 0 aliphatic heterocycles. The van der Waals surface area contributed by atoms with Gasteiger partial charge in [0.2, 0.25) is 5.91 Å². The number of hydrazone groups is 1. The highest BCUT2D eigenvalue weighted by Crippen LogP contribution is 2.10. The number of aryl methyl sites for hydroxylation is 1. The molecular weight excluding hydrogens is 392 g/mol. The molecule has 0 bridgehead atoms. The number of nitriles is 1. The van der Waals surface area contributed by atoms with Crippen molar-refractivity contribution in [3.63, 3.8) is 0 Å². The van der Waals surface area contributed by atoms with E-state index in [1.165, 1.54) is 5.56 Å². The molecule has 2 aromatic rings. The Kier molecular flexibility index (Phi) is 9.76. The molecule has 0 heterocycles. The molecule has 0 saturated carbocycles. The molecule has 1 atom stereocenters. The van der Waals surface area contributed by atoms with Crippen LogP contribution in [0.1, 0.15) is 48.4 Å². The molecular formula is C24H28N4O3. The number of nitrogens with zero attached hydrogens (tertiary/aromatic N) is 2. The van der Waals surface area contributed by atoms with Crippen LogP contribution in [0.25, 0.3) is 0 Å². The zero-order valence-electron chi connectivity index (χ0n) is 17.7. The molecule has 0 fully saturated rings. The second-order valence-corrected chi connectivity index (χ2v) is 7.11. The molecule has 3 N–H and O–H groups in total. The quantitative estimate of drug-likeness (QED) is 0.191. The third-order valence-electron chi connectivity index (χ3n) is 4.75. The van der Waals surface area contributed by atoms with E-state index in [2.05, 4.69) is 16.5 Å². The molecule has 0 saturated heterocycles. The Balaban J connectivity index is 1.83. The number of nitrogens with one attached hydrogen (secondary N) is 1. The van der Waals surface area contributed by atoms with Crippen LogP contribution in [0.5, 0.6) is 0 Å². The summed E-state index contributed by atoms with van der Waals surface area (Å²) in [5.41, 5.74) is 3.51. The highest BCUT2D eigenvalue weighted by atomic mass is 16.5. The topological polar surface area (TPSA) is 118 Å². The number of hydrogen-bond acceptors (Lipinski definition) is 6. The van der Waals surface area contributed by atoms with E-state index >= 15 is 0 Å². The highest BCUT2D eigenvalue weighted by Gasteiger charge is 2.22. The summed E-state index contributed by atoms with van der Waals surface area (Å²) >= 11 is 0. The Labute approximate surface area is 182 Å². The van der Waals surface area contributed by atoms with E-state index in [0.717, 1.165) is 24.0 Å². The van der Waals surface area contributed by atoms with Gasteiger partial charge in [0, 0.05) is 12.8 Å². The van der Waals surface area contributed by atoms with Gasteiger partial charge in [0.25, 0.3) is 0 Å². The molecule has 7 nitrogen and oxygen atoms in total. The minimum Gasteiger partial charge on any atom is -0.464 e. The van der Waals surface area contributed by atoms with Gasteiger partial charge in [-0.1, -0.05) is 36.4 Å². The largest absolute Gasteiger partial charge is 0.464 e. The number of unbranched alkanes of at least 4 members (excludes halogenated alkanes) is 1. The standard InChI is InChI=1S/C24H28N4O3/c1-2-31-24(30)22(15-19-9-11-20(16-25)12-10-19)28-23(29)6-4-3-5-18-7-13-21(14-8-18)17-27-26/h7-14,17,22H,2-6,15,26H2,1H3,(H,28,29). The average molecular weight is 421 g/mol. The average Bonchev–Trinajstić information content (AvgIpc) is 2.78. The molecule has 162 valence electrons. The van der Waals surface area contributed by atoms with Crippen LogP contribution in [0.3, 0.4) is 0 Å². The molecule has 2 rings (SSSR count). The summed E-state index contributed by atoms with van der Waals surface area (Å²) in [7, 11) is 0. The number of carbonyl (C=O) groups excluding carboxylic acids is 2. The van der Waals surface area contributed by atoms with Crippen molar-refractivity contribution in [2.45, 2.75) is 45.1 Å². The molecule has 2 aromatic carbocycles. The van der Waals surface area contributed by atoms with Gasteiger partial charge >= 0.3 is 5.97 Å². The first-order chi connectivity index (χ1) is 15.0. The van der Waals surface area contributed by atoms with E-state index in [9.17, 15) is 9.59 Å². The fourth-order valence-electron chi connectivity index (χ4n) is 3.12. The fourth-order valence-corrected chi connectivity index (χ4v) is 3.12. The monoisotopic (exact) mass is 420 g/mol. The minimum atomic E-state index is -0.753. The van der Waals surface area contributed by atoms with Gasteiger partial charge in [-0.3, -0.25) is 4.79 Å². The molecule has 0 aromatic heterocycles. The summed E-state index contributed by atoms with van der Waals surface area (Å²) in [6.07, 6.45) is 4.67. The Bertz CT molecular complexity index is 915. The van der Waals surface area contributed by atoms with E-state index in [-0.39, 0.29) is 12.5 Å². The molecule has 7 heteroatoms. The van der Waals surface area contributed by atoms with Gasteiger partial charge in [-0.05, 0) is 55.0 Å². The Morgan fingerprint density at radius 3 is 2.42 bits per heavy atom. The van der Waals surface area contributed by atoms with Crippen molar-refractivity contribution in [1.82, 2.24) is 5.32 Å². The number of ether oxygens (including phenoxy) is 1. The molecule has 0 radical (unpaired) electrons. The number of esters is 1. The third-order valence-corrected chi connectivity index (χ3v) is 4.75. The van der Waals surface area contributed by atoms with Gasteiger partial charge in [-0.25, -0.2) is 4.79 Å².